The first-order chi connectivity index (χ1) is 6.72. The summed E-state index contributed by atoms with van der Waals surface area (Å²) < 4.78 is 0. The van der Waals surface area contributed by atoms with E-state index in [2.05, 4.69) is 4.98 Å². The molecule has 14 heavy (non-hydrogen) atoms. The third-order valence-corrected chi connectivity index (χ3v) is 2.04. The monoisotopic (exact) mass is 189 g/mol. The van der Waals surface area contributed by atoms with Crippen molar-refractivity contribution in [2.75, 3.05) is 0 Å². The SMILES string of the molecule is O=CC(=O)c1c[nH]c2cc(O)ccc12. The number of aromatic nitrogens is 1. The van der Waals surface area contributed by atoms with Crippen LogP contribution in [0.3, 0.4) is 0 Å². The maximum Gasteiger partial charge on any atom is 0.227 e. The first-order valence-corrected chi connectivity index (χ1v) is 4.02. The molecule has 0 saturated heterocycles. The van der Waals surface area contributed by atoms with Gasteiger partial charge in [0.2, 0.25) is 5.78 Å². The molecule has 0 radical (unpaired) electrons. The molecule has 2 rings (SSSR count). The molecule has 0 aliphatic heterocycles. The quantitative estimate of drug-likeness (QED) is 0.424. The van der Waals surface area contributed by atoms with Crippen LogP contribution in [0.5, 0.6) is 5.75 Å². The van der Waals surface area contributed by atoms with Crippen LogP contribution < -0.4 is 0 Å². The minimum atomic E-state index is -0.568. The largest absolute Gasteiger partial charge is 0.508 e. The molecule has 0 aliphatic rings. The molecule has 1 aromatic carbocycles. The van der Waals surface area contributed by atoms with E-state index in [0.29, 0.717) is 16.5 Å². The van der Waals surface area contributed by atoms with Crippen molar-refractivity contribution < 1.29 is 14.7 Å². The van der Waals surface area contributed by atoms with Crippen molar-refractivity contribution in [3.05, 3.63) is 30.0 Å². The number of aromatic hydroxyl groups is 1. The average molecular weight is 189 g/mol. The van der Waals surface area contributed by atoms with Crippen molar-refractivity contribution in [1.82, 2.24) is 4.98 Å². The molecule has 0 atom stereocenters. The number of nitrogens with one attached hydrogen (secondary N) is 1. The van der Waals surface area contributed by atoms with Crippen molar-refractivity contribution in [3.63, 3.8) is 0 Å². The number of carbonyl (C=O) groups excluding carboxylic acids is 2. The summed E-state index contributed by atoms with van der Waals surface area (Å²) in [5.74, 6) is -0.452. The summed E-state index contributed by atoms with van der Waals surface area (Å²) in [6.07, 6.45) is 1.73. The van der Waals surface area contributed by atoms with Gasteiger partial charge in [-0.05, 0) is 12.1 Å². The van der Waals surface area contributed by atoms with E-state index < -0.39 is 5.78 Å². The molecule has 0 bridgehead atoms. The van der Waals surface area contributed by atoms with E-state index in [1.54, 1.807) is 6.07 Å². The van der Waals surface area contributed by atoms with Crippen molar-refractivity contribution in [1.29, 1.82) is 0 Å². The molecule has 0 spiro atoms. The van der Waals surface area contributed by atoms with Gasteiger partial charge >= 0.3 is 0 Å². The van der Waals surface area contributed by atoms with Crippen molar-refractivity contribution in [2.45, 2.75) is 0 Å². The minimum Gasteiger partial charge on any atom is -0.508 e. The molecule has 4 heteroatoms. The maximum absolute atomic E-state index is 11.1. The van der Waals surface area contributed by atoms with Crippen LogP contribution in [0.25, 0.3) is 10.9 Å². The van der Waals surface area contributed by atoms with Crippen LogP contribution >= 0.6 is 0 Å². The summed E-state index contributed by atoms with van der Waals surface area (Å²) in [4.78, 5) is 24.2. The summed E-state index contributed by atoms with van der Waals surface area (Å²) in [7, 11) is 0. The van der Waals surface area contributed by atoms with Crippen LogP contribution in [-0.2, 0) is 4.79 Å². The number of carbonyl (C=O) groups is 2. The fraction of sp³-hybridized carbons (Fsp3) is 0. The number of H-pyrrole nitrogens is 1. The predicted molar refractivity (Wildman–Crippen MR) is 50.4 cm³/mol. The van der Waals surface area contributed by atoms with Crippen molar-refractivity contribution >= 4 is 23.0 Å². The standard InChI is InChI=1S/C10H7NO3/c12-5-10(14)8-4-11-9-3-6(13)1-2-7(8)9/h1-5,11,13H. The number of phenols is 1. The van der Waals surface area contributed by atoms with Crippen LogP contribution in [0, 0.1) is 0 Å². The number of hydrogen-bond acceptors (Lipinski definition) is 3. The van der Waals surface area contributed by atoms with Crippen LogP contribution in [-0.4, -0.2) is 22.2 Å². The lowest BCUT2D eigenvalue weighted by atomic mass is 10.1. The van der Waals surface area contributed by atoms with E-state index in [0.717, 1.165) is 0 Å². The molecule has 0 unspecified atom stereocenters. The van der Waals surface area contributed by atoms with Gasteiger partial charge in [-0.1, -0.05) is 0 Å². The van der Waals surface area contributed by atoms with Crippen molar-refractivity contribution in [3.8, 4) is 5.75 Å². The number of Topliss-reactive ketones (excluding diaryl/α,β-unsaturated/α-hetero) is 1. The Morgan fingerprint density at radius 3 is 2.93 bits per heavy atom. The number of ketones is 1. The second kappa shape index (κ2) is 2.99. The molecule has 4 nitrogen and oxygen atoms in total. The number of benzene rings is 1. The molecule has 2 N–H and O–H groups in total. The van der Waals surface area contributed by atoms with Crippen LogP contribution in [0.4, 0.5) is 0 Å². The maximum atomic E-state index is 11.1. The summed E-state index contributed by atoms with van der Waals surface area (Å²) in [5.41, 5.74) is 0.963. The predicted octanol–water partition coefficient (Wildman–Crippen LogP) is 1.26. The zero-order valence-electron chi connectivity index (χ0n) is 7.15. The molecule has 0 saturated carbocycles. The van der Waals surface area contributed by atoms with Gasteiger partial charge in [0.25, 0.3) is 0 Å². The van der Waals surface area contributed by atoms with Gasteiger partial charge in [0.05, 0.1) is 5.56 Å². The number of aldehydes is 1. The van der Waals surface area contributed by atoms with Gasteiger partial charge in [-0.15, -0.1) is 0 Å². The number of hydrogen-bond donors (Lipinski definition) is 2. The average Bonchev–Trinajstić information content (AvgIpc) is 2.59. The second-order valence-corrected chi connectivity index (χ2v) is 2.91. The molecule has 1 aromatic heterocycles. The van der Waals surface area contributed by atoms with E-state index >= 15 is 0 Å². The summed E-state index contributed by atoms with van der Waals surface area (Å²) in [6.45, 7) is 0. The number of aromatic amines is 1. The van der Waals surface area contributed by atoms with Crippen LogP contribution in [0.15, 0.2) is 24.4 Å². The van der Waals surface area contributed by atoms with Gasteiger partial charge in [-0.25, -0.2) is 0 Å². The lowest BCUT2D eigenvalue weighted by molar-refractivity contribution is -0.104. The fourth-order valence-electron chi connectivity index (χ4n) is 1.38. The third-order valence-electron chi connectivity index (χ3n) is 2.04. The highest BCUT2D eigenvalue weighted by molar-refractivity contribution is 6.36. The highest BCUT2D eigenvalue weighted by Crippen LogP contribution is 2.22. The van der Waals surface area contributed by atoms with E-state index in [4.69, 9.17) is 5.11 Å². The van der Waals surface area contributed by atoms with Gasteiger partial charge < -0.3 is 10.1 Å². The summed E-state index contributed by atoms with van der Waals surface area (Å²) >= 11 is 0. The van der Waals surface area contributed by atoms with Crippen LogP contribution in [0.2, 0.25) is 0 Å². The fourth-order valence-corrected chi connectivity index (χ4v) is 1.38. The second-order valence-electron chi connectivity index (χ2n) is 2.91. The topological polar surface area (TPSA) is 70.2 Å². The van der Waals surface area contributed by atoms with E-state index in [1.807, 2.05) is 0 Å². The first-order valence-electron chi connectivity index (χ1n) is 4.02. The Bertz CT molecular complexity index is 513. The van der Waals surface area contributed by atoms with Crippen molar-refractivity contribution in [2.24, 2.45) is 0 Å². The molecular formula is C10H7NO3. The normalized spacial score (nSPS) is 10.3. The summed E-state index contributed by atoms with van der Waals surface area (Å²) in [6, 6.07) is 4.56. The Morgan fingerprint density at radius 2 is 2.21 bits per heavy atom. The zero-order valence-corrected chi connectivity index (χ0v) is 7.15. The number of rotatable bonds is 2. The Labute approximate surface area is 79.2 Å². The Morgan fingerprint density at radius 1 is 1.43 bits per heavy atom. The molecule has 0 amide bonds. The van der Waals surface area contributed by atoms with Crippen LogP contribution in [0.1, 0.15) is 10.4 Å². The summed E-state index contributed by atoms with van der Waals surface area (Å²) in [5, 5.41) is 9.80. The Kier molecular flexibility index (Phi) is 1.81. The molecule has 2 aromatic rings. The lowest BCUT2D eigenvalue weighted by Crippen LogP contribution is -1.97. The zero-order chi connectivity index (χ0) is 10.1. The Hall–Kier alpha value is -2.10. The smallest absolute Gasteiger partial charge is 0.227 e. The molecule has 0 aliphatic carbocycles. The Balaban J connectivity index is 2.69. The van der Waals surface area contributed by atoms with Gasteiger partial charge in [0.1, 0.15) is 5.75 Å². The van der Waals surface area contributed by atoms with E-state index in [1.165, 1.54) is 18.3 Å². The van der Waals surface area contributed by atoms with Gasteiger partial charge in [-0.3, -0.25) is 9.59 Å². The highest BCUT2D eigenvalue weighted by Gasteiger charge is 2.10. The van der Waals surface area contributed by atoms with Gasteiger partial charge in [-0.2, -0.15) is 0 Å². The van der Waals surface area contributed by atoms with Gasteiger partial charge in [0.15, 0.2) is 6.29 Å². The van der Waals surface area contributed by atoms with E-state index in [-0.39, 0.29) is 12.0 Å². The minimum absolute atomic E-state index is 0.115. The van der Waals surface area contributed by atoms with Gasteiger partial charge in [0, 0.05) is 23.2 Å². The third kappa shape index (κ3) is 1.17. The van der Waals surface area contributed by atoms with E-state index in [9.17, 15) is 9.59 Å². The molecule has 70 valence electrons. The number of fused-ring (bicyclic) bond motifs is 1. The molecule has 1 heterocycles. The highest BCUT2D eigenvalue weighted by atomic mass is 16.3. The molecular weight excluding hydrogens is 182 g/mol. The molecule has 0 fully saturated rings. The lowest BCUT2D eigenvalue weighted by Gasteiger charge is -1.93. The first kappa shape index (κ1) is 8.50. The number of phenolic OH excluding ortho intramolecular Hbond substituents is 1.